The molecule has 0 atom stereocenters. The largest absolute Gasteiger partial charge is 0.785 e. The van der Waals surface area contributed by atoms with E-state index in [9.17, 15) is 5.21 Å². The highest BCUT2D eigenvalue weighted by Gasteiger charge is 1.95. The Hall–Kier alpha value is -0.860. The second-order valence-electron chi connectivity index (χ2n) is 5.29. The summed E-state index contributed by atoms with van der Waals surface area (Å²) in [5.74, 6) is 0. The molecular weight excluding hydrogens is 234 g/mol. The van der Waals surface area contributed by atoms with Crippen molar-refractivity contribution in [3.05, 3.63) is 41.1 Å². The quantitative estimate of drug-likeness (QED) is 0.424. The number of hydroxylamine groups is 2. The Morgan fingerprint density at radius 1 is 0.842 bits per heavy atom. The third-order valence-corrected chi connectivity index (χ3v) is 3.50. The zero-order valence-electron chi connectivity index (χ0n) is 12.3. The predicted molar refractivity (Wildman–Crippen MR) is 83.1 cm³/mol. The van der Waals surface area contributed by atoms with Crippen molar-refractivity contribution in [2.75, 3.05) is 13.1 Å². The molecule has 0 N–H and O–H groups in total. The van der Waals surface area contributed by atoms with E-state index < -0.39 is 0 Å². The summed E-state index contributed by atoms with van der Waals surface area (Å²) in [5.41, 5.74) is 1.25. The van der Waals surface area contributed by atoms with Gasteiger partial charge in [0.05, 0.1) is 0 Å². The SMILES string of the molecule is CCCCCCCCCN([O-])CCc1ccccc1. The number of rotatable bonds is 11. The Kier molecular flexibility index (Phi) is 9.38. The molecule has 0 amide bonds. The van der Waals surface area contributed by atoms with Crippen molar-refractivity contribution < 1.29 is 0 Å². The Labute approximate surface area is 118 Å². The highest BCUT2D eigenvalue weighted by molar-refractivity contribution is 5.14. The molecule has 0 saturated carbocycles. The lowest BCUT2D eigenvalue weighted by molar-refractivity contribution is 0.366. The summed E-state index contributed by atoms with van der Waals surface area (Å²) in [5, 5.41) is 12.9. The van der Waals surface area contributed by atoms with E-state index in [4.69, 9.17) is 0 Å². The van der Waals surface area contributed by atoms with Crippen LogP contribution in [0.4, 0.5) is 0 Å². The van der Waals surface area contributed by atoms with Crippen molar-refractivity contribution in [2.45, 2.75) is 58.3 Å². The van der Waals surface area contributed by atoms with Gasteiger partial charge in [0.1, 0.15) is 0 Å². The molecule has 0 aliphatic carbocycles. The van der Waals surface area contributed by atoms with Gasteiger partial charge in [0.2, 0.25) is 0 Å². The van der Waals surface area contributed by atoms with E-state index in [1.54, 1.807) is 0 Å². The van der Waals surface area contributed by atoms with Crippen LogP contribution in [0, 0.1) is 5.21 Å². The van der Waals surface area contributed by atoms with Crippen LogP contribution in [0.2, 0.25) is 0 Å². The first-order valence-corrected chi connectivity index (χ1v) is 7.79. The van der Waals surface area contributed by atoms with E-state index in [0.717, 1.165) is 12.8 Å². The summed E-state index contributed by atoms with van der Waals surface area (Å²) in [6, 6.07) is 10.2. The van der Waals surface area contributed by atoms with Crippen molar-refractivity contribution in [2.24, 2.45) is 0 Å². The molecule has 0 saturated heterocycles. The van der Waals surface area contributed by atoms with Crippen LogP contribution in [-0.2, 0) is 6.42 Å². The lowest BCUT2D eigenvalue weighted by Crippen LogP contribution is -2.20. The van der Waals surface area contributed by atoms with Gasteiger partial charge in [0.25, 0.3) is 0 Å². The van der Waals surface area contributed by atoms with E-state index >= 15 is 0 Å². The third kappa shape index (κ3) is 8.79. The van der Waals surface area contributed by atoms with Gasteiger partial charge in [0.15, 0.2) is 0 Å². The van der Waals surface area contributed by atoms with Gasteiger partial charge in [-0.3, -0.25) is 0 Å². The fourth-order valence-corrected chi connectivity index (χ4v) is 2.26. The van der Waals surface area contributed by atoms with Crippen LogP contribution >= 0.6 is 0 Å². The number of nitrogens with zero attached hydrogens (tertiary/aromatic N) is 1. The van der Waals surface area contributed by atoms with Gasteiger partial charge in [-0.25, -0.2) is 0 Å². The highest BCUT2D eigenvalue weighted by atomic mass is 16.5. The van der Waals surface area contributed by atoms with Crippen LogP contribution in [0.5, 0.6) is 0 Å². The number of hydrogen-bond acceptors (Lipinski definition) is 2. The monoisotopic (exact) mass is 262 g/mol. The Morgan fingerprint density at radius 3 is 2.16 bits per heavy atom. The summed E-state index contributed by atoms with van der Waals surface area (Å²) >= 11 is 0. The number of benzene rings is 1. The fraction of sp³-hybridized carbons (Fsp3) is 0.647. The maximum Gasteiger partial charge on any atom is -0.0103 e. The first-order valence-electron chi connectivity index (χ1n) is 7.79. The van der Waals surface area contributed by atoms with Gasteiger partial charge in [-0.1, -0.05) is 75.8 Å². The van der Waals surface area contributed by atoms with Gasteiger partial charge in [-0.2, -0.15) is 0 Å². The minimum atomic E-state index is 0.625. The normalized spacial score (nSPS) is 11.1. The Bertz CT molecular complexity index is 299. The molecule has 0 aliphatic heterocycles. The van der Waals surface area contributed by atoms with E-state index in [1.165, 1.54) is 49.2 Å². The first kappa shape index (κ1) is 16.2. The Balaban J connectivity index is 1.95. The first-order chi connectivity index (χ1) is 9.33. The van der Waals surface area contributed by atoms with E-state index in [-0.39, 0.29) is 0 Å². The van der Waals surface area contributed by atoms with Crippen molar-refractivity contribution in [3.63, 3.8) is 0 Å². The van der Waals surface area contributed by atoms with Crippen molar-refractivity contribution in [1.29, 1.82) is 0 Å². The minimum Gasteiger partial charge on any atom is -0.785 e. The lowest BCUT2D eigenvalue weighted by atomic mass is 10.1. The molecular formula is C17H28NO-. The predicted octanol–water partition coefficient (Wildman–Crippen LogP) is 4.78. The van der Waals surface area contributed by atoms with E-state index in [0.29, 0.717) is 13.1 Å². The van der Waals surface area contributed by atoms with Crippen LogP contribution in [0.25, 0.3) is 0 Å². The van der Waals surface area contributed by atoms with Gasteiger partial charge < -0.3 is 10.3 Å². The summed E-state index contributed by atoms with van der Waals surface area (Å²) in [4.78, 5) is 0. The van der Waals surface area contributed by atoms with Gasteiger partial charge in [-0.05, 0) is 31.5 Å². The van der Waals surface area contributed by atoms with Crippen molar-refractivity contribution >= 4 is 0 Å². The molecule has 0 bridgehead atoms. The summed E-state index contributed by atoms with van der Waals surface area (Å²) in [6.07, 6.45) is 9.73. The smallest absolute Gasteiger partial charge is 0.0103 e. The maximum absolute atomic E-state index is 11.7. The van der Waals surface area contributed by atoms with Gasteiger partial charge >= 0.3 is 0 Å². The van der Waals surface area contributed by atoms with Crippen LogP contribution < -0.4 is 0 Å². The minimum absolute atomic E-state index is 0.625. The molecule has 0 radical (unpaired) electrons. The Morgan fingerprint density at radius 2 is 1.47 bits per heavy atom. The van der Waals surface area contributed by atoms with Gasteiger partial charge in [0, 0.05) is 0 Å². The summed E-state index contributed by atoms with van der Waals surface area (Å²) < 4.78 is 0. The summed E-state index contributed by atoms with van der Waals surface area (Å²) in [7, 11) is 0. The topological polar surface area (TPSA) is 26.3 Å². The van der Waals surface area contributed by atoms with Crippen molar-refractivity contribution in [1.82, 2.24) is 5.06 Å². The molecule has 1 rings (SSSR count). The molecule has 0 heterocycles. The third-order valence-electron chi connectivity index (χ3n) is 3.50. The average molecular weight is 262 g/mol. The van der Waals surface area contributed by atoms with Crippen LogP contribution in [0.1, 0.15) is 57.4 Å². The molecule has 19 heavy (non-hydrogen) atoms. The van der Waals surface area contributed by atoms with E-state index in [2.05, 4.69) is 19.1 Å². The van der Waals surface area contributed by atoms with Crippen LogP contribution in [0.3, 0.4) is 0 Å². The summed E-state index contributed by atoms with van der Waals surface area (Å²) in [6.45, 7) is 3.56. The lowest BCUT2D eigenvalue weighted by Gasteiger charge is -2.28. The molecule has 1 aromatic carbocycles. The second-order valence-corrected chi connectivity index (χ2v) is 5.29. The van der Waals surface area contributed by atoms with Crippen molar-refractivity contribution in [3.8, 4) is 0 Å². The molecule has 0 spiro atoms. The zero-order chi connectivity index (χ0) is 13.8. The average Bonchev–Trinajstić information content (AvgIpc) is 2.45. The molecule has 0 unspecified atom stereocenters. The molecule has 0 aromatic heterocycles. The number of unbranched alkanes of at least 4 members (excludes halogenated alkanes) is 6. The fourth-order valence-electron chi connectivity index (χ4n) is 2.26. The standard InChI is InChI=1S/C17H28NO/c1-2-3-4-5-6-7-11-15-18(19)16-14-17-12-9-8-10-13-17/h8-10,12-13H,2-7,11,14-16H2,1H3/q-1. The maximum atomic E-state index is 11.7. The van der Waals surface area contributed by atoms with Crippen LogP contribution in [0.15, 0.2) is 30.3 Å². The van der Waals surface area contributed by atoms with Gasteiger partial charge in [-0.15, -0.1) is 0 Å². The molecule has 2 heteroatoms. The van der Waals surface area contributed by atoms with E-state index in [1.807, 2.05) is 18.2 Å². The molecule has 108 valence electrons. The number of hydrogen-bond donors (Lipinski definition) is 0. The molecule has 1 aromatic rings. The molecule has 0 aliphatic rings. The zero-order valence-corrected chi connectivity index (χ0v) is 12.3. The second kappa shape index (κ2) is 11.0. The molecule has 2 nitrogen and oxygen atoms in total. The molecule has 0 fully saturated rings. The van der Waals surface area contributed by atoms with Crippen LogP contribution in [-0.4, -0.2) is 18.2 Å². The highest BCUT2D eigenvalue weighted by Crippen LogP contribution is 2.08.